The molecule has 3 N–H and O–H groups in total. The van der Waals surface area contributed by atoms with Gasteiger partial charge in [0.15, 0.2) is 5.82 Å². The number of hydrogen-bond acceptors (Lipinski definition) is 5. The molecular weight excluding hydrogens is 290 g/mol. The Labute approximate surface area is 133 Å². The van der Waals surface area contributed by atoms with E-state index < -0.39 is 0 Å². The Hall–Kier alpha value is -3.28. The van der Waals surface area contributed by atoms with E-state index in [4.69, 9.17) is 5.73 Å². The number of nitrogen functional groups attached to an aromatic ring is 1. The Kier molecular flexibility index (Phi) is 3.97. The van der Waals surface area contributed by atoms with E-state index >= 15 is 0 Å². The molecule has 0 bridgehead atoms. The van der Waals surface area contributed by atoms with Crippen molar-refractivity contribution in [2.24, 2.45) is 0 Å². The molecule has 2 heterocycles. The molecule has 0 fully saturated rings. The van der Waals surface area contributed by atoms with Crippen molar-refractivity contribution in [2.45, 2.75) is 6.92 Å². The number of nitrogens with one attached hydrogen (secondary N) is 1. The van der Waals surface area contributed by atoms with E-state index in [9.17, 15) is 4.79 Å². The quantitative estimate of drug-likeness (QED) is 0.776. The third-order valence-corrected chi connectivity index (χ3v) is 3.34. The predicted molar refractivity (Wildman–Crippen MR) is 88.8 cm³/mol. The Bertz CT molecular complexity index is 849. The third-order valence-electron chi connectivity index (χ3n) is 3.34. The van der Waals surface area contributed by atoms with Gasteiger partial charge in [-0.1, -0.05) is 36.4 Å². The fourth-order valence-corrected chi connectivity index (χ4v) is 2.09. The third kappa shape index (κ3) is 3.16. The highest BCUT2D eigenvalue weighted by molar-refractivity contribution is 6.06. The molecule has 6 heteroatoms. The molecule has 0 saturated carbocycles. The van der Waals surface area contributed by atoms with E-state index in [-0.39, 0.29) is 17.3 Å². The minimum atomic E-state index is -0.385. The van der Waals surface area contributed by atoms with Crippen molar-refractivity contribution in [3.63, 3.8) is 0 Å². The minimum Gasteiger partial charge on any atom is -0.383 e. The van der Waals surface area contributed by atoms with Gasteiger partial charge in [-0.3, -0.25) is 4.79 Å². The molecule has 0 unspecified atom stereocenters. The highest BCUT2D eigenvalue weighted by Gasteiger charge is 2.14. The van der Waals surface area contributed by atoms with Crippen LogP contribution in [0, 0.1) is 6.92 Å². The minimum absolute atomic E-state index is 0.130. The maximum Gasteiger partial charge on any atom is 0.262 e. The van der Waals surface area contributed by atoms with Gasteiger partial charge in [0, 0.05) is 18.0 Å². The van der Waals surface area contributed by atoms with Crippen molar-refractivity contribution in [1.82, 2.24) is 15.0 Å². The number of aromatic nitrogens is 3. The van der Waals surface area contributed by atoms with Crippen LogP contribution in [0.15, 0.2) is 54.9 Å². The number of aryl methyl sites for hydroxylation is 1. The number of amides is 1. The fourth-order valence-electron chi connectivity index (χ4n) is 2.09. The number of pyridine rings is 1. The molecule has 0 spiro atoms. The van der Waals surface area contributed by atoms with Crippen molar-refractivity contribution in [1.29, 1.82) is 0 Å². The van der Waals surface area contributed by atoms with Crippen LogP contribution in [0.5, 0.6) is 0 Å². The number of hydrogen-bond donors (Lipinski definition) is 2. The molecule has 0 aliphatic rings. The Morgan fingerprint density at radius 2 is 1.87 bits per heavy atom. The summed E-state index contributed by atoms with van der Waals surface area (Å²) in [5.41, 5.74) is 7.84. The van der Waals surface area contributed by atoms with Gasteiger partial charge >= 0.3 is 0 Å². The Morgan fingerprint density at radius 3 is 2.57 bits per heavy atom. The summed E-state index contributed by atoms with van der Waals surface area (Å²) in [6, 6.07) is 13.1. The number of carbonyl (C=O) groups excluding carboxylic acids is 1. The number of nitrogens with two attached hydrogens (primary N) is 1. The second-order valence-corrected chi connectivity index (χ2v) is 4.98. The van der Waals surface area contributed by atoms with E-state index in [1.807, 2.05) is 43.3 Å². The normalized spacial score (nSPS) is 10.3. The number of nitrogens with zero attached hydrogens (tertiary/aromatic N) is 3. The smallest absolute Gasteiger partial charge is 0.262 e. The summed E-state index contributed by atoms with van der Waals surface area (Å²) >= 11 is 0. The van der Waals surface area contributed by atoms with E-state index in [1.165, 1.54) is 6.20 Å². The zero-order valence-corrected chi connectivity index (χ0v) is 12.5. The monoisotopic (exact) mass is 305 g/mol. The largest absolute Gasteiger partial charge is 0.383 e. The van der Waals surface area contributed by atoms with Crippen LogP contribution >= 0.6 is 0 Å². The van der Waals surface area contributed by atoms with Gasteiger partial charge in [0.05, 0.1) is 0 Å². The summed E-state index contributed by atoms with van der Waals surface area (Å²) in [5, 5.41) is 2.72. The molecule has 0 saturated heterocycles. The maximum atomic E-state index is 12.3. The van der Waals surface area contributed by atoms with Crippen LogP contribution in [0.3, 0.4) is 0 Å². The Morgan fingerprint density at radius 1 is 1.09 bits per heavy atom. The lowest BCUT2D eigenvalue weighted by atomic mass is 10.2. The molecule has 1 amide bonds. The van der Waals surface area contributed by atoms with Gasteiger partial charge in [0.1, 0.15) is 17.2 Å². The lowest BCUT2D eigenvalue weighted by molar-refractivity contribution is 0.102. The SMILES string of the molecule is Cc1cccnc1NC(=O)c1cnc(-c2ccccc2)nc1N. The highest BCUT2D eigenvalue weighted by Crippen LogP contribution is 2.18. The van der Waals surface area contributed by atoms with Gasteiger partial charge in [-0.2, -0.15) is 0 Å². The van der Waals surface area contributed by atoms with Crippen LogP contribution in [0.4, 0.5) is 11.6 Å². The van der Waals surface area contributed by atoms with Crippen molar-refractivity contribution in [3.8, 4) is 11.4 Å². The lowest BCUT2D eigenvalue weighted by Crippen LogP contribution is -2.17. The zero-order valence-electron chi connectivity index (χ0n) is 12.5. The molecule has 0 aliphatic carbocycles. The summed E-state index contributed by atoms with van der Waals surface area (Å²) in [4.78, 5) is 24.9. The van der Waals surface area contributed by atoms with E-state index in [0.717, 1.165) is 11.1 Å². The van der Waals surface area contributed by atoms with Gasteiger partial charge in [-0.25, -0.2) is 15.0 Å². The summed E-state index contributed by atoms with van der Waals surface area (Å²) in [6.45, 7) is 1.86. The van der Waals surface area contributed by atoms with Crippen LogP contribution in [-0.2, 0) is 0 Å². The van der Waals surface area contributed by atoms with Crippen molar-refractivity contribution in [2.75, 3.05) is 11.1 Å². The first kappa shape index (κ1) is 14.6. The topological polar surface area (TPSA) is 93.8 Å². The molecule has 2 aromatic heterocycles. The highest BCUT2D eigenvalue weighted by atomic mass is 16.1. The van der Waals surface area contributed by atoms with Gasteiger partial charge in [-0.15, -0.1) is 0 Å². The van der Waals surface area contributed by atoms with Crippen LogP contribution in [0.25, 0.3) is 11.4 Å². The first-order chi connectivity index (χ1) is 11.1. The van der Waals surface area contributed by atoms with Gasteiger partial charge in [-0.05, 0) is 18.6 Å². The molecular formula is C17H15N5O. The second-order valence-electron chi connectivity index (χ2n) is 4.98. The first-order valence-corrected chi connectivity index (χ1v) is 7.06. The van der Waals surface area contributed by atoms with Crippen molar-refractivity contribution < 1.29 is 4.79 Å². The van der Waals surface area contributed by atoms with Gasteiger partial charge < -0.3 is 11.1 Å². The average molecular weight is 305 g/mol. The number of anilines is 2. The van der Waals surface area contributed by atoms with E-state index in [1.54, 1.807) is 12.3 Å². The fraction of sp³-hybridized carbons (Fsp3) is 0.0588. The predicted octanol–water partition coefficient (Wildman–Crippen LogP) is 2.68. The van der Waals surface area contributed by atoms with E-state index in [0.29, 0.717) is 11.6 Å². The molecule has 3 aromatic rings. The molecule has 6 nitrogen and oxygen atoms in total. The molecule has 0 aliphatic heterocycles. The van der Waals surface area contributed by atoms with Gasteiger partial charge in [0.2, 0.25) is 0 Å². The number of benzene rings is 1. The van der Waals surface area contributed by atoms with Crippen LogP contribution in [0.1, 0.15) is 15.9 Å². The zero-order chi connectivity index (χ0) is 16.2. The van der Waals surface area contributed by atoms with Crippen LogP contribution in [-0.4, -0.2) is 20.9 Å². The number of rotatable bonds is 3. The standard InChI is InChI=1S/C17H15N5O/c1-11-6-5-9-19-15(11)22-17(23)13-10-20-16(21-14(13)18)12-7-3-2-4-8-12/h2-10H,1H3,(H2,18,20,21)(H,19,22,23). The van der Waals surface area contributed by atoms with Crippen LogP contribution in [0.2, 0.25) is 0 Å². The van der Waals surface area contributed by atoms with Crippen molar-refractivity contribution >= 4 is 17.5 Å². The van der Waals surface area contributed by atoms with Crippen LogP contribution < -0.4 is 11.1 Å². The second kappa shape index (κ2) is 6.23. The Balaban J connectivity index is 1.86. The summed E-state index contributed by atoms with van der Waals surface area (Å²) in [5.74, 6) is 0.714. The number of carbonyl (C=O) groups is 1. The van der Waals surface area contributed by atoms with Crippen molar-refractivity contribution in [3.05, 3.63) is 66.0 Å². The molecule has 114 valence electrons. The molecule has 1 aromatic carbocycles. The molecule has 23 heavy (non-hydrogen) atoms. The first-order valence-electron chi connectivity index (χ1n) is 7.06. The molecule has 0 atom stereocenters. The lowest BCUT2D eigenvalue weighted by Gasteiger charge is -2.09. The molecule has 3 rings (SSSR count). The summed E-state index contributed by atoms with van der Waals surface area (Å²) < 4.78 is 0. The average Bonchev–Trinajstić information content (AvgIpc) is 2.57. The van der Waals surface area contributed by atoms with E-state index in [2.05, 4.69) is 20.3 Å². The van der Waals surface area contributed by atoms with Gasteiger partial charge in [0.25, 0.3) is 5.91 Å². The summed E-state index contributed by atoms with van der Waals surface area (Å²) in [7, 11) is 0. The molecule has 0 radical (unpaired) electrons. The summed E-state index contributed by atoms with van der Waals surface area (Å²) in [6.07, 6.45) is 3.04. The maximum absolute atomic E-state index is 12.3.